The van der Waals surface area contributed by atoms with Gasteiger partial charge in [0, 0.05) is 30.3 Å². The van der Waals surface area contributed by atoms with Crippen molar-refractivity contribution in [2.75, 3.05) is 13.6 Å². The summed E-state index contributed by atoms with van der Waals surface area (Å²) in [4.78, 5) is 16.6. The summed E-state index contributed by atoms with van der Waals surface area (Å²) in [6, 6.07) is 2.52. The number of allylic oxidation sites excluding steroid dienone is 4. The Bertz CT molecular complexity index is 1120. The van der Waals surface area contributed by atoms with Gasteiger partial charge in [-0.2, -0.15) is 0 Å². The highest BCUT2D eigenvalue weighted by molar-refractivity contribution is 5.69. The van der Waals surface area contributed by atoms with Crippen LogP contribution >= 0.6 is 0 Å². The monoisotopic (exact) mass is 470 g/mol. The van der Waals surface area contributed by atoms with Crippen LogP contribution in [0.5, 0.6) is 0 Å². The number of benzene rings is 1. The third kappa shape index (κ3) is 5.76. The van der Waals surface area contributed by atoms with Crippen molar-refractivity contribution in [2.24, 2.45) is 5.92 Å². The fourth-order valence-electron chi connectivity index (χ4n) is 4.65. The summed E-state index contributed by atoms with van der Waals surface area (Å²) < 4.78 is 32.0. The van der Waals surface area contributed by atoms with Gasteiger partial charge in [-0.25, -0.2) is 13.6 Å². The maximum Gasteiger partial charge on any atom is 0.330 e. The van der Waals surface area contributed by atoms with Crippen molar-refractivity contribution < 1.29 is 8.78 Å². The molecule has 2 unspecified atom stereocenters. The Balaban J connectivity index is 2.07. The molecular weight excluding hydrogens is 434 g/mol. The Morgan fingerprint density at radius 3 is 2.53 bits per heavy atom. The summed E-state index contributed by atoms with van der Waals surface area (Å²) in [5, 5.41) is 3.19. The topological polar surface area (TPSA) is 53.1 Å². The van der Waals surface area contributed by atoms with Crippen LogP contribution in [0.3, 0.4) is 0 Å². The Labute approximate surface area is 200 Å². The van der Waals surface area contributed by atoms with Gasteiger partial charge in [-0.15, -0.1) is 0 Å². The number of hydrogen-bond donors (Lipinski definition) is 2. The van der Waals surface area contributed by atoms with E-state index in [0.717, 1.165) is 37.9 Å². The normalized spacial score (nSPS) is 17.6. The first kappa shape index (κ1) is 25.7. The van der Waals surface area contributed by atoms with E-state index in [0.29, 0.717) is 11.5 Å². The number of nitrogens with zero attached hydrogens (tertiary/aromatic N) is 2. The van der Waals surface area contributed by atoms with E-state index in [-0.39, 0.29) is 17.3 Å². The molecule has 1 aliphatic heterocycles. The zero-order valence-electron chi connectivity index (χ0n) is 20.8. The van der Waals surface area contributed by atoms with Gasteiger partial charge in [-0.1, -0.05) is 25.0 Å². The number of nitrogens with one attached hydrogen (secondary N) is 2. The molecule has 3 rings (SSSR count). The first-order valence-corrected chi connectivity index (χ1v) is 12.0. The lowest BCUT2D eigenvalue weighted by Crippen LogP contribution is -2.30. The van der Waals surface area contributed by atoms with Gasteiger partial charge in [0.15, 0.2) is 0 Å². The SMILES string of the molecule is CCC(CCCNC)C/C(=C(/C)c1c(F)cc(-n2cc[nH]c2=O)cc1F)N1C=CC(C)=CC1C. The van der Waals surface area contributed by atoms with E-state index < -0.39 is 17.3 Å². The minimum Gasteiger partial charge on any atom is -0.345 e. The second kappa shape index (κ2) is 11.5. The number of aromatic amines is 1. The molecule has 184 valence electrons. The highest BCUT2D eigenvalue weighted by Gasteiger charge is 2.24. The van der Waals surface area contributed by atoms with Crippen molar-refractivity contribution in [3.63, 3.8) is 0 Å². The molecule has 7 heteroatoms. The quantitative estimate of drug-likeness (QED) is 0.435. The smallest absolute Gasteiger partial charge is 0.330 e. The predicted molar refractivity (Wildman–Crippen MR) is 135 cm³/mol. The fraction of sp³-hybridized carbons (Fsp3) is 0.444. The van der Waals surface area contributed by atoms with Crippen LogP contribution in [-0.2, 0) is 0 Å². The highest BCUT2D eigenvalue weighted by Crippen LogP contribution is 2.35. The fourth-order valence-corrected chi connectivity index (χ4v) is 4.65. The molecule has 0 aliphatic carbocycles. The van der Waals surface area contributed by atoms with E-state index in [1.165, 1.54) is 34.7 Å². The number of hydrogen-bond acceptors (Lipinski definition) is 3. The summed E-state index contributed by atoms with van der Waals surface area (Å²) in [5.74, 6) is -0.960. The molecule has 1 aromatic heterocycles. The van der Waals surface area contributed by atoms with E-state index in [2.05, 4.69) is 35.1 Å². The van der Waals surface area contributed by atoms with Gasteiger partial charge in [0.05, 0.1) is 11.3 Å². The van der Waals surface area contributed by atoms with Crippen LogP contribution in [0.1, 0.15) is 58.9 Å². The van der Waals surface area contributed by atoms with Gasteiger partial charge in [-0.3, -0.25) is 4.57 Å². The lowest BCUT2D eigenvalue weighted by atomic mass is 9.90. The Morgan fingerprint density at radius 1 is 1.26 bits per heavy atom. The van der Waals surface area contributed by atoms with Gasteiger partial charge in [-0.05, 0) is 83.3 Å². The third-order valence-electron chi connectivity index (χ3n) is 6.61. The van der Waals surface area contributed by atoms with Crippen molar-refractivity contribution in [1.29, 1.82) is 0 Å². The number of rotatable bonds is 10. The summed E-state index contributed by atoms with van der Waals surface area (Å²) in [6.07, 6.45) is 12.9. The lowest BCUT2D eigenvalue weighted by Gasteiger charge is -2.35. The zero-order chi connectivity index (χ0) is 24.8. The average molecular weight is 471 g/mol. The van der Waals surface area contributed by atoms with E-state index in [1.54, 1.807) is 6.92 Å². The molecule has 2 heterocycles. The maximum atomic E-state index is 15.4. The first-order chi connectivity index (χ1) is 16.3. The van der Waals surface area contributed by atoms with Crippen LogP contribution in [0.15, 0.2) is 58.9 Å². The van der Waals surface area contributed by atoms with Crippen LogP contribution in [0.2, 0.25) is 0 Å². The molecule has 34 heavy (non-hydrogen) atoms. The van der Waals surface area contributed by atoms with Crippen LogP contribution in [-0.4, -0.2) is 34.1 Å². The van der Waals surface area contributed by atoms with Gasteiger partial charge >= 0.3 is 5.69 Å². The van der Waals surface area contributed by atoms with E-state index in [9.17, 15) is 4.79 Å². The summed E-state index contributed by atoms with van der Waals surface area (Å²) in [7, 11) is 1.95. The molecule has 2 N–H and O–H groups in total. The van der Waals surface area contributed by atoms with E-state index >= 15 is 8.78 Å². The van der Waals surface area contributed by atoms with Gasteiger partial charge in [0.1, 0.15) is 11.6 Å². The Morgan fingerprint density at radius 2 is 1.97 bits per heavy atom. The molecule has 0 radical (unpaired) electrons. The second-order valence-corrected chi connectivity index (χ2v) is 9.09. The molecule has 5 nitrogen and oxygen atoms in total. The van der Waals surface area contributed by atoms with Gasteiger partial charge in [0.2, 0.25) is 0 Å². The van der Waals surface area contributed by atoms with Crippen molar-refractivity contribution in [3.8, 4) is 5.69 Å². The lowest BCUT2D eigenvalue weighted by molar-refractivity contribution is 0.350. The van der Waals surface area contributed by atoms with Crippen LogP contribution in [0.25, 0.3) is 11.3 Å². The summed E-state index contributed by atoms with van der Waals surface area (Å²) in [5.41, 5.74) is 2.34. The number of imidazole rings is 1. The maximum absolute atomic E-state index is 15.4. The molecular formula is C27H36F2N4O. The molecule has 2 aromatic rings. The summed E-state index contributed by atoms with van der Waals surface area (Å²) >= 11 is 0. The molecule has 2 atom stereocenters. The predicted octanol–water partition coefficient (Wildman–Crippen LogP) is 5.75. The van der Waals surface area contributed by atoms with Crippen LogP contribution < -0.4 is 11.0 Å². The molecule has 0 fully saturated rings. The highest BCUT2D eigenvalue weighted by atomic mass is 19.1. The molecule has 0 spiro atoms. The van der Waals surface area contributed by atoms with E-state index in [1.807, 2.05) is 26.2 Å². The Kier molecular flexibility index (Phi) is 8.67. The zero-order valence-corrected chi connectivity index (χ0v) is 20.8. The Hall–Kier alpha value is -2.93. The van der Waals surface area contributed by atoms with E-state index in [4.69, 9.17) is 0 Å². The molecule has 0 amide bonds. The summed E-state index contributed by atoms with van der Waals surface area (Å²) in [6.45, 7) is 9.05. The number of halogens is 2. The van der Waals surface area contributed by atoms with Crippen LogP contribution in [0, 0.1) is 17.6 Å². The van der Waals surface area contributed by atoms with Crippen molar-refractivity contribution in [3.05, 3.63) is 81.8 Å². The van der Waals surface area contributed by atoms with Crippen molar-refractivity contribution in [2.45, 2.75) is 59.4 Å². The molecule has 0 saturated heterocycles. The van der Waals surface area contributed by atoms with Gasteiger partial charge in [0.25, 0.3) is 0 Å². The minimum absolute atomic E-state index is 0.0423. The van der Waals surface area contributed by atoms with Crippen molar-refractivity contribution in [1.82, 2.24) is 19.8 Å². The standard InChI is InChI=1S/C27H36F2N4O/c1-6-21(8-7-10-30-5)15-25(32-12-9-18(2)14-19(32)3)20(4)26-23(28)16-22(17-24(26)29)33-13-11-31-27(33)34/h9,11-14,16-17,19,21,30H,6-8,10,15H2,1-5H3,(H,31,34)/b25-20+. The minimum atomic E-state index is -0.679. The molecule has 0 saturated carbocycles. The second-order valence-electron chi connectivity index (χ2n) is 9.09. The average Bonchev–Trinajstić information content (AvgIpc) is 3.22. The van der Waals surface area contributed by atoms with Crippen molar-refractivity contribution >= 4 is 5.57 Å². The molecule has 1 aliphatic rings. The molecule has 0 bridgehead atoms. The third-order valence-corrected chi connectivity index (χ3v) is 6.61. The largest absolute Gasteiger partial charge is 0.345 e. The number of aromatic nitrogens is 2. The molecule has 1 aromatic carbocycles. The number of H-pyrrole nitrogens is 1. The first-order valence-electron chi connectivity index (χ1n) is 12.0. The van der Waals surface area contributed by atoms with Gasteiger partial charge < -0.3 is 15.2 Å². The van der Waals surface area contributed by atoms with Crippen LogP contribution in [0.4, 0.5) is 8.78 Å².